The second-order valence-electron chi connectivity index (χ2n) is 6.48. The lowest BCUT2D eigenvalue weighted by atomic mass is 9.11. The SMILES string of the molecule is COc1cccc2c1C1[C@@H]3C4C5[C@@H]3C2[C@@H]5[C@@H]14. The molecule has 0 aromatic heterocycles. The van der Waals surface area contributed by atoms with Gasteiger partial charge >= 0.3 is 0 Å². The fourth-order valence-corrected chi connectivity index (χ4v) is 6.60. The van der Waals surface area contributed by atoms with Gasteiger partial charge in [-0.15, -0.1) is 0 Å². The van der Waals surface area contributed by atoms with Gasteiger partial charge in [-0.05, 0) is 59.0 Å². The van der Waals surface area contributed by atoms with Gasteiger partial charge in [-0.3, -0.25) is 0 Å². The third-order valence-corrected chi connectivity index (χ3v) is 6.78. The van der Waals surface area contributed by atoms with Gasteiger partial charge in [-0.25, -0.2) is 0 Å². The summed E-state index contributed by atoms with van der Waals surface area (Å²) in [5.74, 6) is 9.72. The van der Waals surface area contributed by atoms with Gasteiger partial charge in [0.2, 0.25) is 0 Å². The fourth-order valence-electron chi connectivity index (χ4n) is 6.60. The van der Waals surface area contributed by atoms with E-state index in [9.17, 15) is 0 Å². The molecule has 0 spiro atoms. The maximum Gasteiger partial charge on any atom is 0.122 e. The van der Waals surface area contributed by atoms with E-state index < -0.39 is 0 Å². The largest absolute Gasteiger partial charge is 0.496 e. The normalized spacial score (nSPS) is 59.6. The average Bonchev–Trinajstić information content (AvgIpc) is 2.29. The molecule has 0 aliphatic heterocycles. The minimum atomic E-state index is 0.904. The molecular formula is C15H14O. The summed E-state index contributed by atoms with van der Waals surface area (Å²) in [6.45, 7) is 0. The van der Waals surface area contributed by atoms with Crippen LogP contribution in [0, 0.1) is 35.5 Å². The molecule has 16 heavy (non-hydrogen) atoms. The molecule has 0 saturated heterocycles. The fraction of sp³-hybridized carbons (Fsp3) is 0.600. The Morgan fingerprint density at radius 2 is 1.56 bits per heavy atom. The van der Waals surface area contributed by atoms with Crippen LogP contribution in [0.25, 0.3) is 0 Å². The Balaban J connectivity index is 1.69. The molecule has 6 aliphatic rings. The van der Waals surface area contributed by atoms with Gasteiger partial charge in [-0.2, -0.15) is 0 Å². The van der Waals surface area contributed by atoms with Gasteiger partial charge in [0.1, 0.15) is 5.75 Å². The lowest BCUT2D eigenvalue weighted by Gasteiger charge is -2.92. The maximum absolute atomic E-state index is 5.59. The van der Waals surface area contributed by atoms with Crippen molar-refractivity contribution >= 4 is 0 Å². The molecule has 0 amide bonds. The molecule has 1 aromatic carbocycles. The summed E-state index contributed by atoms with van der Waals surface area (Å²) in [4.78, 5) is 0. The van der Waals surface area contributed by atoms with Gasteiger partial charge < -0.3 is 4.74 Å². The first kappa shape index (κ1) is 7.37. The van der Waals surface area contributed by atoms with Crippen LogP contribution in [0.2, 0.25) is 0 Å². The van der Waals surface area contributed by atoms with Crippen LogP contribution in [0.3, 0.4) is 0 Å². The lowest BCUT2D eigenvalue weighted by Crippen LogP contribution is -2.87. The van der Waals surface area contributed by atoms with Crippen LogP contribution in [-0.2, 0) is 0 Å². The van der Waals surface area contributed by atoms with E-state index in [1.807, 2.05) is 7.11 Å². The van der Waals surface area contributed by atoms with Gasteiger partial charge in [0.15, 0.2) is 0 Å². The second kappa shape index (κ2) is 1.83. The van der Waals surface area contributed by atoms with E-state index in [2.05, 4.69) is 18.2 Å². The highest BCUT2D eigenvalue weighted by Gasteiger charge is 2.89. The maximum atomic E-state index is 5.59. The van der Waals surface area contributed by atoms with Crippen LogP contribution < -0.4 is 4.74 Å². The zero-order chi connectivity index (χ0) is 10.2. The van der Waals surface area contributed by atoms with E-state index >= 15 is 0 Å². The molecule has 7 rings (SSSR count). The highest BCUT2D eigenvalue weighted by molar-refractivity contribution is 5.59. The molecular weight excluding hydrogens is 196 g/mol. The Hall–Kier alpha value is -0.980. The third-order valence-electron chi connectivity index (χ3n) is 6.78. The van der Waals surface area contributed by atoms with Crippen LogP contribution >= 0.6 is 0 Å². The molecule has 0 radical (unpaired) electrons. The number of rotatable bonds is 1. The molecule has 6 aliphatic carbocycles. The zero-order valence-electron chi connectivity index (χ0n) is 9.26. The number of benzene rings is 1. The first-order valence-corrected chi connectivity index (χ1v) is 6.60. The van der Waals surface area contributed by atoms with E-state index in [-0.39, 0.29) is 0 Å². The molecule has 1 nitrogen and oxygen atoms in total. The van der Waals surface area contributed by atoms with Gasteiger partial charge in [0.05, 0.1) is 7.11 Å². The highest BCUT2D eigenvalue weighted by Crippen LogP contribution is 2.94. The number of hydrogen-bond acceptors (Lipinski definition) is 1. The molecule has 2 bridgehead atoms. The summed E-state index contributed by atoms with van der Waals surface area (Å²) < 4.78 is 5.59. The standard InChI is InChI=1S/C15H14O/c1-16-6-4-2-3-5-7(6)9-12-10-8(5)11-13(9)15(12)14(10)11/h2-4,8-15H,1H3/t8?,9?,10-,11-,12-,13+,14?,15?/m1/s1. The molecule has 80 valence electrons. The molecule has 0 heterocycles. The summed E-state index contributed by atoms with van der Waals surface area (Å²) in [5.41, 5.74) is 3.29. The second-order valence-corrected chi connectivity index (χ2v) is 6.48. The van der Waals surface area contributed by atoms with Crippen LogP contribution in [0.15, 0.2) is 18.2 Å². The van der Waals surface area contributed by atoms with Crippen molar-refractivity contribution in [2.45, 2.75) is 11.8 Å². The number of methoxy groups -OCH3 is 1. The Kier molecular flexibility index (Phi) is 0.843. The summed E-state index contributed by atoms with van der Waals surface area (Å²) in [6, 6.07) is 6.74. The summed E-state index contributed by atoms with van der Waals surface area (Å²) in [5, 5.41) is 0. The molecule has 4 fully saturated rings. The number of ether oxygens (including phenoxy) is 1. The topological polar surface area (TPSA) is 9.23 Å². The Bertz CT molecular complexity index is 528. The van der Waals surface area contributed by atoms with Crippen molar-refractivity contribution in [1.29, 1.82) is 0 Å². The summed E-state index contributed by atoms with van der Waals surface area (Å²) >= 11 is 0. The quantitative estimate of drug-likeness (QED) is 0.692. The molecule has 4 unspecified atom stereocenters. The van der Waals surface area contributed by atoms with Crippen molar-refractivity contribution in [2.24, 2.45) is 35.5 Å². The third kappa shape index (κ3) is 0.419. The van der Waals surface area contributed by atoms with E-state index in [0.29, 0.717) is 0 Å². The first-order chi connectivity index (χ1) is 7.93. The number of hydrogen-bond donors (Lipinski definition) is 0. The molecule has 4 saturated carbocycles. The van der Waals surface area contributed by atoms with Gasteiger partial charge in [-0.1, -0.05) is 12.1 Å². The van der Waals surface area contributed by atoms with Gasteiger partial charge in [0.25, 0.3) is 0 Å². The minimum Gasteiger partial charge on any atom is -0.496 e. The van der Waals surface area contributed by atoms with Crippen molar-refractivity contribution in [3.8, 4) is 5.75 Å². The van der Waals surface area contributed by atoms with Crippen LogP contribution in [-0.4, -0.2) is 7.11 Å². The van der Waals surface area contributed by atoms with Crippen molar-refractivity contribution in [1.82, 2.24) is 0 Å². The minimum absolute atomic E-state index is 0.904. The first-order valence-electron chi connectivity index (χ1n) is 6.60. The van der Waals surface area contributed by atoms with E-state index in [1.165, 1.54) is 11.7 Å². The van der Waals surface area contributed by atoms with Crippen molar-refractivity contribution in [3.63, 3.8) is 0 Å². The summed E-state index contributed by atoms with van der Waals surface area (Å²) in [6.07, 6.45) is 0. The Labute approximate surface area is 94.8 Å². The average molecular weight is 210 g/mol. The van der Waals surface area contributed by atoms with Crippen LogP contribution in [0.1, 0.15) is 23.0 Å². The zero-order valence-corrected chi connectivity index (χ0v) is 9.26. The van der Waals surface area contributed by atoms with Crippen LogP contribution in [0.4, 0.5) is 0 Å². The predicted octanol–water partition coefficient (Wildman–Crippen LogP) is 2.63. The highest BCUT2D eigenvalue weighted by atomic mass is 16.5. The van der Waals surface area contributed by atoms with Crippen molar-refractivity contribution < 1.29 is 4.74 Å². The molecule has 1 heteroatoms. The van der Waals surface area contributed by atoms with E-state index in [1.54, 1.807) is 11.1 Å². The van der Waals surface area contributed by atoms with Crippen molar-refractivity contribution in [2.75, 3.05) is 7.11 Å². The molecule has 0 N–H and O–H groups in total. The Morgan fingerprint density at radius 1 is 0.875 bits per heavy atom. The van der Waals surface area contributed by atoms with E-state index in [4.69, 9.17) is 4.74 Å². The predicted molar refractivity (Wildman–Crippen MR) is 59.4 cm³/mol. The van der Waals surface area contributed by atoms with Crippen LogP contribution in [0.5, 0.6) is 5.75 Å². The molecule has 8 atom stereocenters. The summed E-state index contributed by atoms with van der Waals surface area (Å²) in [7, 11) is 1.83. The smallest absolute Gasteiger partial charge is 0.122 e. The lowest BCUT2D eigenvalue weighted by molar-refractivity contribution is -0.407. The van der Waals surface area contributed by atoms with E-state index in [0.717, 1.165) is 41.4 Å². The molecule has 1 aromatic rings. The van der Waals surface area contributed by atoms with Gasteiger partial charge in [0, 0.05) is 5.56 Å². The monoisotopic (exact) mass is 210 g/mol. The van der Waals surface area contributed by atoms with Crippen molar-refractivity contribution in [3.05, 3.63) is 29.3 Å². The Morgan fingerprint density at radius 3 is 2.25 bits per heavy atom.